The van der Waals surface area contributed by atoms with Gasteiger partial charge in [0.2, 0.25) is 11.8 Å². The number of H-pyrrole nitrogens is 1. The number of nitriles is 1. The van der Waals surface area contributed by atoms with Gasteiger partial charge in [-0.25, -0.2) is 0 Å². The molecule has 0 unspecified atom stereocenters. The third kappa shape index (κ3) is 2.76. The molecular formula is C18H20N4O3. The van der Waals surface area contributed by atoms with Gasteiger partial charge >= 0.3 is 0 Å². The van der Waals surface area contributed by atoms with Crippen molar-refractivity contribution in [1.29, 1.82) is 5.26 Å². The molecule has 1 aliphatic rings. The molecule has 0 spiro atoms. The summed E-state index contributed by atoms with van der Waals surface area (Å²) >= 11 is 0. The zero-order chi connectivity index (χ0) is 18.0. The number of aromatic amines is 1. The number of hydrogen-bond donors (Lipinski definition) is 2. The highest BCUT2D eigenvalue weighted by Crippen LogP contribution is 2.46. The van der Waals surface area contributed by atoms with E-state index in [-0.39, 0.29) is 5.88 Å². The molecule has 0 bridgehead atoms. The van der Waals surface area contributed by atoms with Crippen LogP contribution in [0.15, 0.2) is 29.7 Å². The SMILES string of the molecule is CCCc1[nH]nc2c1[C@@H](c1cc(OC)ccc1OC)C(C#N)=C(N)O2. The standard InChI is InChI=1S/C18H20N4O3/c1-4-5-13-16-15(11-8-10(23-2)6-7-14(11)24-3)12(9-19)17(20)25-18(16)22-21-13/h6-8,15H,4-5,20H2,1-3H3,(H,21,22)/t15-/m0/s1. The predicted octanol–water partition coefficient (Wildman–Crippen LogP) is 2.60. The number of nitrogens with zero attached hydrogens (tertiary/aromatic N) is 2. The fraction of sp³-hybridized carbons (Fsp3) is 0.333. The molecule has 0 amide bonds. The average Bonchev–Trinajstić information content (AvgIpc) is 3.02. The summed E-state index contributed by atoms with van der Waals surface area (Å²) in [6.07, 6.45) is 1.71. The van der Waals surface area contributed by atoms with Crippen LogP contribution in [0.5, 0.6) is 17.4 Å². The number of aromatic nitrogens is 2. The Kier molecular flexibility index (Phi) is 4.52. The van der Waals surface area contributed by atoms with E-state index in [1.54, 1.807) is 14.2 Å². The van der Waals surface area contributed by atoms with E-state index in [9.17, 15) is 5.26 Å². The largest absolute Gasteiger partial charge is 0.497 e. The number of nitrogens with one attached hydrogen (secondary N) is 1. The van der Waals surface area contributed by atoms with E-state index >= 15 is 0 Å². The maximum absolute atomic E-state index is 9.70. The second kappa shape index (κ2) is 6.77. The van der Waals surface area contributed by atoms with Gasteiger partial charge in [0, 0.05) is 11.3 Å². The third-order valence-electron chi connectivity index (χ3n) is 4.27. The molecule has 3 N–H and O–H groups in total. The van der Waals surface area contributed by atoms with Crippen molar-refractivity contribution < 1.29 is 14.2 Å². The van der Waals surface area contributed by atoms with Crippen LogP contribution in [-0.2, 0) is 6.42 Å². The normalized spacial score (nSPS) is 16.0. The van der Waals surface area contributed by atoms with Crippen LogP contribution in [0, 0.1) is 11.3 Å². The summed E-state index contributed by atoms with van der Waals surface area (Å²) in [6, 6.07) is 7.66. The number of hydrogen-bond acceptors (Lipinski definition) is 6. The second-order valence-electron chi connectivity index (χ2n) is 5.70. The molecule has 0 saturated heterocycles. The van der Waals surface area contributed by atoms with E-state index < -0.39 is 5.92 Å². The zero-order valence-electron chi connectivity index (χ0n) is 14.4. The van der Waals surface area contributed by atoms with Crippen molar-refractivity contribution in [1.82, 2.24) is 10.2 Å². The van der Waals surface area contributed by atoms with E-state index in [0.717, 1.165) is 29.7 Å². The molecule has 0 aliphatic carbocycles. The van der Waals surface area contributed by atoms with Gasteiger partial charge in [-0.1, -0.05) is 13.3 Å². The highest BCUT2D eigenvalue weighted by molar-refractivity contribution is 5.59. The smallest absolute Gasteiger partial charge is 0.244 e. The van der Waals surface area contributed by atoms with Crippen molar-refractivity contribution in [2.24, 2.45) is 5.73 Å². The maximum Gasteiger partial charge on any atom is 0.244 e. The Hall–Kier alpha value is -3.14. The highest BCUT2D eigenvalue weighted by Gasteiger charge is 2.36. The van der Waals surface area contributed by atoms with Gasteiger partial charge in [0.1, 0.15) is 23.1 Å². The van der Waals surface area contributed by atoms with Crippen LogP contribution in [-0.4, -0.2) is 24.4 Å². The van der Waals surface area contributed by atoms with Crippen LogP contribution in [0.25, 0.3) is 0 Å². The topological polar surface area (TPSA) is 106 Å². The van der Waals surface area contributed by atoms with Gasteiger partial charge in [-0.3, -0.25) is 5.10 Å². The number of allylic oxidation sites excluding steroid dienone is 1. The Morgan fingerprint density at radius 1 is 1.36 bits per heavy atom. The second-order valence-corrected chi connectivity index (χ2v) is 5.70. The van der Waals surface area contributed by atoms with Crippen molar-refractivity contribution in [3.63, 3.8) is 0 Å². The molecule has 1 atom stereocenters. The van der Waals surface area contributed by atoms with E-state index in [1.807, 2.05) is 18.2 Å². The lowest BCUT2D eigenvalue weighted by Gasteiger charge is -2.25. The molecule has 1 aromatic heterocycles. The number of methoxy groups -OCH3 is 2. The number of ether oxygens (including phenoxy) is 3. The van der Waals surface area contributed by atoms with Crippen molar-refractivity contribution >= 4 is 0 Å². The van der Waals surface area contributed by atoms with Gasteiger partial charge in [0.15, 0.2) is 0 Å². The van der Waals surface area contributed by atoms with E-state index in [0.29, 0.717) is 23.0 Å². The first-order valence-electron chi connectivity index (χ1n) is 8.01. The predicted molar refractivity (Wildman–Crippen MR) is 91.4 cm³/mol. The number of aryl methyl sites for hydroxylation is 1. The lowest BCUT2D eigenvalue weighted by atomic mass is 9.83. The molecular weight excluding hydrogens is 320 g/mol. The Labute approximate surface area is 146 Å². The van der Waals surface area contributed by atoms with Gasteiger partial charge < -0.3 is 19.9 Å². The molecule has 3 rings (SSSR count). The molecule has 0 radical (unpaired) electrons. The first kappa shape index (κ1) is 16.7. The van der Waals surface area contributed by atoms with Crippen LogP contribution in [0.1, 0.15) is 36.1 Å². The summed E-state index contributed by atoms with van der Waals surface area (Å²) in [7, 11) is 3.18. The summed E-state index contributed by atoms with van der Waals surface area (Å²) < 4.78 is 16.4. The van der Waals surface area contributed by atoms with Crippen molar-refractivity contribution in [2.45, 2.75) is 25.7 Å². The minimum atomic E-state index is -0.431. The van der Waals surface area contributed by atoms with Crippen LogP contribution < -0.4 is 19.9 Å². The number of benzene rings is 1. The fourth-order valence-corrected chi connectivity index (χ4v) is 3.13. The molecule has 25 heavy (non-hydrogen) atoms. The minimum absolute atomic E-state index is 0.0550. The van der Waals surface area contributed by atoms with Gasteiger partial charge in [-0.05, 0) is 24.6 Å². The zero-order valence-corrected chi connectivity index (χ0v) is 14.4. The number of fused-ring (bicyclic) bond motifs is 1. The molecule has 0 saturated carbocycles. The van der Waals surface area contributed by atoms with Crippen LogP contribution in [0.3, 0.4) is 0 Å². The molecule has 7 heteroatoms. The molecule has 130 valence electrons. The van der Waals surface area contributed by atoms with Crippen LogP contribution in [0.2, 0.25) is 0 Å². The van der Waals surface area contributed by atoms with Gasteiger partial charge in [-0.15, -0.1) is 5.10 Å². The number of rotatable bonds is 5. The minimum Gasteiger partial charge on any atom is -0.497 e. The van der Waals surface area contributed by atoms with E-state index in [2.05, 4.69) is 23.2 Å². The van der Waals surface area contributed by atoms with Gasteiger partial charge in [0.05, 0.1) is 25.7 Å². The quantitative estimate of drug-likeness (QED) is 0.866. The molecule has 0 fully saturated rings. The van der Waals surface area contributed by atoms with Crippen molar-refractivity contribution in [2.75, 3.05) is 14.2 Å². The Bertz CT molecular complexity index is 864. The van der Waals surface area contributed by atoms with E-state index in [1.165, 1.54) is 0 Å². The number of nitrogens with two attached hydrogens (primary N) is 1. The van der Waals surface area contributed by atoms with Gasteiger partial charge in [0.25, 0.3) is 0 Å². The van der Waals surface area contributed by atoms with Crippen LogP contribution in [0.4, 0.5) is 0 Å². The fourth-order valence-electron chi connectivity index (χ4n) is 3.13. The summed E-state index contributed by atoms with van der Waals surface area (Å²) in [5.41, 5.74) is 8.84. The third-order valence-corrected chi connectivity index (χ3v) is 4.27. The van der Waals surface area contributed by atoms with Crippen molar-refractivity contribution in [3.8, 4) is 23.4 Å². The Morgan fingerprint density at radius 3 is 2.80 bits per heavy atom. The lowest BCUT2D eigenvalue weighted by Crippen LogP contribution is -2.21. The first-order chi connectivity index (χ1) is 12.1. The average molecular weight is 340 g/mol. The molecule has 1 aliphatic heterocycles. The Balaban J connectivity index is 2.27. The molecule has 2 heterocycles. The van der Waals surface area contributed by atoms with Gasteiger partial charge in [-0.2, -0.15) is 5.26 Å². The summed E-state index contributed by atoms with van der Waals surface area (Å²) in [6.45, 7) is 2.08. The lowest BCUT2D eigenvalue weighted by molar-refractivity contribution is 0.373. The van der Waals surface area contributed by atoms with E-state index in [4.69, 9.17) is 19.9 Å². The summed E-state index contributed by atoms with van der Waals surface area (Å²) in [5, 5.41) is 16.9. The highest BCUT2D eigenvalue weighted by atomic mass is 16.5. The van der Waals surface area contributed by atoms with Crippen LogP contribution >= 0.6 is 0 Å². The maximum atomic E-state index is 9.70. The summed E-state index contributed by atoms with van der Waals surface area (Å²) in [5.74, 6) is 1.33. The first-order valence-corrected chi connectivity index (χ1v) is 8.01. The monoisotopic (exact) mass is 340 g/mol. The van der Waals surface area contributed by atoms with Crippen molar-refractivity contribution in [3.05, 3.63) is 46.5 Å². The summed E-state index contributed by atoms with van der Waals surface area (Å²) in [4.78, 5) is 0. The molecule has 1 aromatic carbocycles. The Morgan fingerprint density at radius 2 is 2.16 bits per heavy atom. The molecule has 2 aromatic rings. The molecule has 7 nitrogen and oxygen atoms in total.